The normalized spacial score (nSPS) is 17.2. The van der Waals surface area contributed by atoms with Crippen molar-refractivity contribution in [2.75, 3.05) is 11.6 Å². The highest BCUT2D eigenvalue weighted by atomic mass is 19.2. The molecule has 1 atom stereocenters. The number of ether oxygens (including phenoxy) is 1. The number of hydrogen-bond donors (Lipinski definition) is 0. The maximum absolute atomic E-state index is 13.7. The highest BCUT2D eigenvalue weighted by Gasteiger charge is 2.17. The molecule has 9 heteroatoms. The van der Waals surface area contributed by atoms with Crippen molar-refractivity contribution in [1.82, 2.24) is 9.97 Å². The predicted molar refractivity (Wildman–Crippen MR) is 136 cm³/mol. The van der Waals surface area contributed by atoms with Crippen LogP contribution < -0.4 is 9.75 Å². The number of carbonyl (C=O) groups excluding carboxylic acids is 1. The molecule has 0 spiro atoms. The van der Waals surface area contributed by atoms with E-state index in [4.69, 9.17) is 4.74 Å². The first kappa shape index (κ1) is 25.8. The summed E-state index contributed by atoms with van der Waals surface area (Å²) < 4.78 is 46.4. The van der Waals surface area contributed by atoms with Gasteiger partial charge in [-0.2, -0.15) is 5.10 Å². The molecule has 190 valence electrons. The van der Waals surface area contributed by atoms with Gasteiger partial charge in [0.25, 0.3) is 0 Å². The quantitative estimate of drug-likeness (QED) is 0.128. The maximum Gasteiger partial charge on any atom is 0.194 e. The van der Waals surface area contributed by atoms with Gasteiger partial charge >= 0.3 is 0 Å². The van der Waals surface area contributed by atoms with E-state index in [2.05, 4.69) is 33.3 Å². The molecule has 2 aliphatic carbocycles. The van der Waals surface area contributed by atoms with Crippen molar-refractivity contribution in [2.45, 2.75) is 31.6 Å². The van der Waals surface area contributed by atoms with E-state index in [1.165, 1.54) is 6.20 Å². The third-order valence-corrected chi connectivity index (χ3v) is 5.71. The Bertz CT molecular complexity index is 1270. The lowest BCUT2D eigenvalue weighted by atomic mass is 9.92. The van der Waals surface area contributed by atoms with Crippen molar-refractivity contribution in [3.63, 3.8) is 0 Å². The molecule has 0 N–H and O–H groups in total. The van der Waals surface area contributed by atoms with Crippen LogP contribution in [0, 0.1) is 17.5 Å². The van der Waals surface area contributed by atoms with Crippen LogP contribution in [0.1, 0.15) is 37.4 Å². The average molecular weight is 507 g/mol. The zero-order valence-corrected chi connectivity index (χ0v) is 19.9. The second-order valence-electron chi connectivity index (χ2n) is 8.39. The van der Waals surface area contributed by atoms with Gasteiger partial charge in [0.1, 0.15) is 18.7 Å². The first-order valence-electron chi connectivity index (χ1n) is 11.8. The Morgan fingerprint density at radius 2 is 1.92 bits per heavy atom. The number of allylic oxidation sites excluding steroid dienone is 7. The van der Waals surface area contributed by atoms with Crippen molar-refractivity contribution < 1.29 is 22.7 Å². The van der Waals surface area contributed by atoms with Crippen LogP contribution >= 0.6 is 0 Å². The zero-order chi connectivity index (χ0) is 26.0. The molecule has 1 heterocycles. The molecule has 1 aromatic carbocycles. The minimum absolute atomic E-state index is 0.0298. The van der Waals surface area contributed by atoms with Crippen molar-refractivity contribution in [3.05, 3.63) is 108 Å². The SMILES string of the molecule is O=C/C=C\N(/N=C/CC1=CC=CC(c2ncc(OCC3=CCCC=C3)cn2)C1)c1cc(F)c(F)c(F)c1. The zero-order valence-electron chi connectivity index (χ0n) is 19.9. The van der Waals surface area contributed by atoms with Crippen LogP contribution in [0.4, 0.5) is 18.9 Å². The summed E-state index contributed by atoms with van der Waals surface area (Å²) in [6.07, 6.45) is 23.1. The van der Waals surface area contributed by atoms with Gasteiger partial charge in [-0.3, -0.25) is 4.79 Å². The standard InChI is InChI=1S/C28H25F3N4O2/c29-25-15-23(16-26(30)27(25)31)35(12-5-13-36)34-11-10-20-8-4-9-22(14-20)28-32-17-24(18-33-28)37-19-21-6-2-1-3-7-21/h2,4-9,11-13,15-18,22H,1,3,10,14,19H2/b12-5-,34-11+. The van der Waals surface area contributed by atoms with E-state index >= 15 is 0 Å². The Labute approximate surface area is 212 Å². The predicted octanol–water partition coefficient (Wildman–Crippen LogP) is 6.11. The van der Waals surface area contributed by atoms with Gasteiger partial charge in [0.15, 0.2) is 23.2 Å². The summed E-state index contributed by atoms with van der Waals surface area (Å²) in [5, 5.41) is 5.29. The lowest BCUT2D eigenvalue weighted by Crippen LogP contribution is -2.10. The molecule has 4 rings (SSSR count). The second kappa shape index (κ2) is 12.6. The Morgan fingerprint density at radius 3 is 2.62 bits per heavy atom. The Kier molecular flexibility index (Phi) is 8.80. The topological polar surface area (TPSA) is 67.7 Å². The molecule has 0 saturated heterocycles. The fourth-order valence-corrected chi connectivity index (χ4v) is 3.83. The van der Waals surface area contributed by atoms with Gasteiger partial charge in [-0.05, 0) is 30.9 Å². The van der Waals surface area contributed by atoms with Gasteiger partial charge in [-0.1, -0.05) is 42.0 Å². The minimum Gasteiger partial charge on any atom is -0.486 e. The Balaban J connectivity index is 1.36. The van der Waals surface area contributed by atoms with Crippen LogP contribution in [-0.4, -0.2) is 29.1 Å². The van der Waals surface area contributed by atoms with Crippen molar-refractivity contribution in [1.29, 1.82) is 0 Å². The Hall–Kier alpha value is -4.27. The number of halogens is 3. The van der Waals surface area contributed by atoms with Crippen LogP contribution in [0.2, 0.25) is 0 Å². The summed E-state index contributed by atoms with van der Waals surface area (Å²) in [6.45, 7) is 0.477. The van der Waals surface area contributed by atoms with Crippen molar-refractivity contribution >= 4 is 18.2 Å². The maximum atomic E-state index is 13.7. The van der Waals surface area contributed by atoms with Gasteiger partial charge in [0.2, 0.25) is 0 Å². The first-order valence-corrected chi connectivity index (χ1v) is 11.8. The van der Waals surface area contributed by atoms with Gasteiger partial charge in [-0.15, -0.1) is 0 Å². The van der Waals surface area contributed by atoms with Gasteiger partial charge in [0, 0.05) is 36.9 Å². The third kappa shape index (κ3) is 7.13. The molecular formula is C28H25F3N4O2. The summed E-state index contributed by atoms with van der Waals surface area (Å²) in [4.78, 5) is 19.7. The van der Waals surface area contributed by atoms with Crippen LogP contribution in [0.15, 0.2) is 89.5 Å². The van der Waals surface area contributed by atoms with Crippen LogP contribution in [0.3, 0.4) is 0 Å². The van der Waals surface area contributed by atoms with Crippen molar-refractivity contribution in [2.24, 2.45) is 5.10 Å². The highest BCUT2D eigenvalue weighted by Crippen LogP contribution is 2.28. The fourth-order valence-electron chi connectivity index (χ4n) is 3.83. The van der Waals surface area contributed by atoms with Crippen LogP contribution in [0.25, 0.3) is 0 Å². The van der Waals surface area contributed by atoms with E-state index in [0.29, 0.717) is 37.3 Å². The largest absolute Gasteiger partial charge is 0.486 e. The molecule has 1 unspecified atom stereocenters. The van der Waals surface area contributed by atoms with E-state index in [1.807, 2.05) is 18.2 Å². The highest BCUT2D eigenvalue weighted by molar-refractivity contribution is 5.68. The molecule has 37 heavy (non-hydrogen) atoms. The summed E-state index contributed by atoms with van der Waals surface area (Å²) in [6, 6.07) is 1.61. The van der Waals surface area contributed by atoms with Crippen LogP contribution in [0.5, 0.6) is 5.75 Å². The summed E-state index contributed by atoms with van der Waals surface area (Å²) in [5.74, 6) is -3.04. The van der Waals surface area contributed by atoms with E-state index in [9.17, 15) is 18.0 Å². The van der Waals surface area contributed by atoms with Crippen molar-refractivity contribution in [3.8, 4) is 5.75 Å². The molecular weight excluding hydrogens is 481 g/mol. The number of carbonyl (C=O) groups is 1. The van der Waals surface area contributed by atoms with Gasteiger partial charge < -0.3 is 4.74 Å². The molecule has 6 nitrogen and oxygen atoms in total. The second-order valence-corrected chi connectivity index (χ2v) is 8.39. The molecule has 0 aliphatic heterocycles. The van der Waals surface area contributed by atoms with Crippen LogP contribution in [-0.2, 0) is 4.79 Å². The third-order valence-electron chi connectivity index (χ3n) is 5.71. The molecule has 2 aromatic rings. The van der Waals surface area contributed by atoms with E-state index in [-0.39, 0.29) is 11.6 Å². The minimum atomic E-state index is -1.57. The average Bonchev–Trinajstić information content (AvgIpc) is 2.93. The number of nitrogens with zero attached hydrogens (tertiary/aromatic N) is 4. The number of hydrazone groups is 1. The number of hydrogen-bond acceptors (Lipinski definition) is 6. The molecule has 0 bridgehead atoms. The lowest BCUT2D eigenvalue weighted by molar-refractivity contribution is -0.104. The fraction of sp³-hybridized carbons (Fsp3) is 0.214. The number of benzene rings is 1. The van der Waals surface area contributed by atoms with E-state index in [1.54, 1.807) is 18.6 Å². The molecule has 1 aromatic heterocycles. The molecule has 0 fully saturated rings. The molecule has 0 radical (unpaired) electrons. The number of anilines is 1. The van der Waals surface area contributed by atoms with Gasteiger partial charge in [-0.25, -0.2) is 28.1 Å². The van der Waals surface area contributed by atoms with E-state index < -0.39 is 17.5 Å². The summed E-state index contributed by atoms with van der Waals surface area (Å²) in [7, 11) is 0. The molecule has 0 saturated carbocycles. The Morgan fingerprint density at radius 1 is 1.14 bits per heavy atom. The van der Waals surface area contributed by atoms with Gasteiger partial charge in [0.05, 0.1) is 18.1 Å². The molecule has 0 amide bonds. The summed E-state index contributed by atoms with van der Waals surface area (Å²) >= 11 is 0. The first-order chi connectivity index (χ1) is 18.0. The molecule has 2 aliphatic rings. The monoisotopic (exact) mass is 506 g/mol. The van der Waals surface area contributed by atoms with E-state index in [0.717, 1.165) is 47.2 Å². The lowest BCUT2D eigenvalue weighted by Gasteiger charge is -2.18. The smallest absolute Gasteiger partial charge is 0.194 e. The summed E-state index contributed by atoms with van der Waals surface area (Å²) in [5.41, 5.74) is 2.11. The number of aldehydes is 1. The number of aromatic nitrogens is 2. The number of rotatable bonds is 10.